The van der Waals surface area contributed by atoms with Gasteiger partial charge in [-0.25, -0.2) is 0 Å². The largest absolute Gasteiger partial charge is 0.417 e. The molecule has 10 heteroatoms. The smallest absolute Gasteiger partial charge is 0.346 e. The summed E-state index contributed by atoms with van der Waals surface area (Å²) in [5.74, 6) is -0.384. The number of rotatable bonds is 4. The van der Waals surface area contributed by atoms with E-state index in [9.17, 15) is 18.0 Å². The Morgan fingerprint density at radius 1 is 1.06 bits per heavy atom. The summed E-state index contributed by atoms with van der Waals surface area (Å²) in [4.78, 5) is 16.3. The number of thiocarbonyl (C=S) groups is 1. The zero-order valence-corrected chi connectivity index (χ0v) is 19.3. The molecule has 1 saturated heterocycles. The number of halogens is 4. The summed E-state index contributed by atoms with van der Waals surface area (Å²) in [5.41, 5.74) is 2.29. The van der Waals surface area contributed by atoms with E-state index in [4.69, 9.17) is 23.8 Å². The lowest BCUT2D eigenvalue weighted by atomic mass is 10.1. The molecule has 3 rings (SSSR count). The second-order valence-corrected chi connectivity index (χ2v) is 8.55. The van der Waals surface area contributed by atoms with Gasteiger partial charge in [0.15, 0.2) is 5.11 Å². The van der Waals surface area contributed by atoms with Crippen molar-refractivity contribution in [2.75, 3.05) is 43.4 Å². The van der Waals surface area contributed by atoms with Crippen molar-refractivity contribution < 1.29 is 18.0 Å². The lowest BCUT2D eigenvalue weighted by molar-refractivity contribution is -0.137. The highest BCUT2D eigenvalue weighted by Gasteiger charge is 2.33. The van der Waals surface area contributed by atoms with Crippen LogP contribution in [0.2, 0.25) is 5.02 Å². The van der Waals surface area contributed by atoms with Crippen molar-refractivity contribution in [2.45, 2.75) is 20.0 Å². The molecule has 172 valence electrons. The molecule has 1 heterocycles. The van der Waals surface area contributed by atoms with Crippen LogP contribution in [0.1, 0.15) is 16.7 Å². The average molecular weight is 485 g/mol. The molecule has 5 nitrogen and oxygen atoms in total. The first kappa shape index (κ1) is 24.3. The average Bonchev–Trinajstić information content (AvgIpc) is 2.71. The van der Waals surface area contributed by atoms with Gasteiger partial charge in [0.25, 0.3) is 0 Å². The van der Waals surface area contributed by atoms with E-state index in [0.29, 0.717) is 31.3 Å². The Balaban J connectivity index is 1.50. The highest BCUT2D eigenvalue weighted by atomic mass is 35.5. The van der Waals surface area contributed by atoms with E-state index < -0.39 is 16.8 Å². The van der Waals surface area contributed by atoms with Crippen LogP contribution in [0.4, 0.5) is 24.5 Å². The molecule has 2 aromatic carbocycles. The topological polar surface area (TPSA) is 47.6 Å². The number of nitrogens with one attached hydrogen (secondary N) is 2. The molecule has 2 aromatic rings. The molecule has 0 unspecified atom stereocenters. The molecule has 1 aliphatic rings. The van der Waals surface area contributed by atoms with Crippen molar-refractivity contribution >= 4 is 46.2 Å². The van der Waals surface area contributed by atoms with Crippen LogP contribution in [0, 0.1) is 13.8 Å². The molecule has 32 heavy (non-hydrogen) atoms. The molecule has 0 aromatic heterocycles. The normalized spacial score (nSPS) is 14.9. The first-order chi connectivity index (χ1) is 15.0. The molecule has 0 spiro atoms. The predicted molar refractivity (Wildman–Crippen MR) is 125 cm³/mol. The van der Waals surface area contributed by atoms with Gasteiger partial charge < -0.3 is 15.5 Å². The van der Waals surface area contributed by atoms with Crippen molar-refractivity contribution in [1.82, 2.24) is 9.80 Å². The summed E-state index contributed by atoms with van der Waals surface area (Å²) in [6.07, 6.45) is -4.59. The van der Waals surface area contributed by atoms with Crippen LogP contribution < -0.4 is 10.6 Å². The van der Waals surface area contributed by atoms with Gasteiger partial charge in [-0.15, -0.1) is 0 Å². The van der Waals surface area contributed by atoms with Gasteiger partial charge in [-0.2, -0.15) is 13.2 Å². The highest BCUT2D eigenvalue weighted by Crippen LogP contribution is 2.36. The fraction of sp³-hybridized carbons (Fsp3) is 0.364. The van der Waals surface area contributed by atoms with E-state index in [1.807, 2.05) is 41.8 Å². The number of piperazine rings is 1. The Labute approximate surface area is 195 Å². The van der Waals surface area contributed by atoms with Crippen molar-refractivity contribution in [3.63, 3.8) is 0 Å². The van der Waals surface area contributed by atoms with Gasteiger partial charge in [-0.3, -0.25) is 9.69 Å². The second kappa shape index (κ2) is 10.1. The van der Waals surface area contributed by atoms with Crippen molar-refractivity contribution in [1.29, 1.82) is 0 Å². The number of hydrogen-bond acceptors (Lipinski definition) is 3. The Kier molecular flexibility index (Phi) is 7.63. The molecule has 0 bridgehead atoms. The minimum Gasteiger partial charge on any atom is -0.346 e. The summed E-state index contributed by atoms with van der Waals surface area (Å²) >= 11 is 11.2. The SMILES string of the molecule is Cc1ccc(C)c(NC(=S)N2CCN(CC(=O)Nc3ccc(Cl)c(C(F)(F)F)c3)CC2)c1. The number of carbonyl (C=O) groups is 1. The standard InChI is InChI=1S/C22H24ClF3N4OS/c1-14-3-4-15(2)19(11-14)28-21(32)30-9-7-29(8-10-30)13-20(31)27-16-5-6-18(23)17(12-16)22(24,25)26/h3-6,11-12H,7-10,13H2,1-2H3,(H,27,31)(H,28,32). The van der Waals surface area contributed by atoms with Gasteiger partial charge in [-0.1, -0.05) is 23.7 Å². The first-order valence-electron chi connectivity index (χ1n) is 10.0. The van der Waals surface area contributed by atoms with Crippen molar-refractivity contribution in [2.24, 2.45) is 0 Å². The number of carbonyl (C=O) groups excluding carboxylic acids is 1. The van der Waals surface area contributed by atoms with Crippen LogP contribution >= 0.6 is 23.8 Å². The fourth-order valence-electron chi connectivity index (χ4n) is 3.40. The van der Waals surface area contributed by atoms with Crippen molar-refractivity contribution in [3.8, 4) is 0 Å². The first-order valence-corrected chi connectivity index (χ1v) is 10.8. The number of benzene rings is 2. The Hall–Kier alpha value is -2.36. The highest BCUT2D eigenvalue weighted by molar-refractivity contribution is 7.80. The monoisotopic (exact) mass is 484 g/mol. The second-order valence-electron chi connectivity index (χ2n) is 7.75. The van der Waals surface area contributed by atoms with E-state index in [0.717, 1.165) is 28.9 Å². The van der Waals surface area contributed by atoms with Gasteiger partial charge in [0.05, 0.1) is 17.1 Å². The molecule has 0 saturated carbocycles. The Morgan fingerprint density at radius 2 is 1.75 bits per heavy atom. The molecule has 1 fully saturated rings. The molecule has 0 atom stereocenters. The Morgan fingerprint density at radius 3 is 2.41 bits per heavy atom. The summed E-state index contributed by atoms with van der Waals surface area (Å²) in [7, 11) is 0. The van der Waals surface area contributed by atoms with Crippen LogP contribution in [-0.2, 0) is 11.0 Å². The molecule has 1 aliphatic heterocycles. The van der Waals surface area contributed by atoms with E-state index in [-0.39, 0.29) is 18.1 Å². The number of aryl methyl sites for hydroxylation is 2. The maximum absolute atomic E-state index is 13.0. The molecular weight excluding hydrogens is 461 g/mol. The van der Waals surface area contributed by atoms with E-state index in [1.54, 1.807) is 0 Å². The maximum Gasteiger partial charge on any atom is 0.417 e. The summed E-state index contributed by atoms with van der Waals surface area (Å²) in [6, 6.07) is 9.45. The van der Waals surface area contributed by atoms with Crippen molar-refractivity contribution in [3.05, 3.63) is 58.1 Å². The zero-order valence-electron chi connectivity index (χ0n) is 17.7. The molecule has 0 radical (unpaired) electrons. The van der Waals surface area contributed by atoms with Crippen LogP contribution in [0.25, 0.3) is 0 Å². The van der Waals surface area contributed by atoms with Crippen LogP contribution in [0.15, 0.2) is 36.4 Å². The molecule has 0 aliphatic carbocycles. The number of alkyl halides is 3. The lowest BCUT2D eigenvalue weighted by Gasteiger charge is -2.36. The van der Waals surface area contributed by atoms with Crippen LogP contribution in [0.3, 0.4) is 0 Å². The van der Waals surface area contributed by atoms with E-state index in [1.165, 1.54) is 6.07 Å². The summed E-state index contributed by atoms with van der Waals surface area (Å²) < 4.78 is 39.0. The van der Waals surface area contributed by atoms with Crippen LogP contribution in [-0.4, -0.2) is 53.5 Å². The van der Waals surface area contributed by atoms with Crippen LogP contribution in [0.5, 0.6) is 0 Å². The number of nitrogens with zero attached hydrogens (tertiary/aromatic N) is 2. The molecular formula is C22H24ClF3N4OS. The fourth-order valence-corrected chi connectivity index (χ4v) is 3.91. The predicted octanol–water partition coefficient (Wildman–Crippen LogP) is 4.93. The number of anilines is 2. The maximum atomic E-state index is 13.0. The number of hydrogen-bond donors (Lipinski definition) is 2. The number of amides is 1. The minimum absolute atomic E-state index is 0.0595. The minimum atomic E-state index is -4.59. The van der Waals surface area contributed by atoms with Gasteiger partial charge in [-0.05, 0) is 61.5 Å². The third-order valence-electron chi connectivity index (χ3n) is 5.22. The van der Waals surface area contributed by atoms with Gasteiger partial charge in [0, 0.05) is 37.6 Å². The summed E-state index contributed by atoms with van der Waals surface area (Å²) in [6.45, 7) is 6.61. The lowest BCUT2D eigenvalue weighted by Crippen LogP contribution is -2.51. The Bertz CT molecular complexity index is 1010. The molecule has 1 amide bonds. The van der Waals surface area contributed by atoms with E-state index >= 15 is 0 Å². The van der Waals surface area contributed by atoms with Gasteiger partial charge in [0.2, 0.25) is 5.91 Å². The van der Waals surface area contributed by atoms with E-state index in [2.05, 4.69) is 10.6 Å². The quantitative estimate of drug-likeness (QED) is 0.603. The molecule has 2 N–H and O–H groups in total. The summed E-state index contributed by atoms with van der Waals surface area (Å²) in [5, 5.41) is 6.03. The van der Waals surface area contributed by atoms with Gasteiger partial charge >= 0.3 is 6.18 Å². The third kappa shape index (κ3) is 6.34. The van der Waals surface area contributed by atoms with Gasteiger partial charge in [0.1, 0.15) is 0 Å². The third-order valence-corrected chi connectivity index (χ3v) is 5.91. The zero-order chi connectivity index (χ0) is 23.5.